The lowest BCUT2D eigenvalue weighted by Gasteiger charge is -2.01. The number of aromatic nitrogens is 1. The van der Waals surface area contributed by atoms with Gasteiger partial charge in [-0.25, -0.2) is 13.4 Å². The summed E-state index contributed by atoms with van der Waals surface area (Å²) in [6.45, 7) is 0. The van der Waals surface area contributed by atoms with Crippen molar-refractivity contribution < 1.29 is 8.42 Å². The van der Waals surface area contributed by atoms with Gasteiger partial charge in [-0.2, -0.15) is 0 Å². The van der Waals surface area contributed by atoms with Gasteiger partial charge in [0.25, 0.3) is 0 Å². The number of thiol groups is 1. The van der Waals surface area contributed by atoms with Gasteiger partial charge in [0.1, 0.15) is 11.7 Å². The van der Waals surface area contributed by atoms with Crippen LogP contribution in [0.1, 0.15) is 5.56 Å². The summed E-state index contributed by atoms with van der Waals surface area (Å²) in [7, 11) is -2.72. The van der Waals surface area contributed by atoms with E-state index in [2.05, 4.69) is 4.98 Å². The first-order valence-corrected chi connectivity index (χ1v) is 4.44. The van der Waals surface area contributed by atoms with Crippen molar-refractivity contribution >= 4 is 22.4 Å². The number of pyridine rings is 1. The number of hydrogen-bond donors (Lipinski definition) is 4. The van der Waals surface area contributed by atoms with Crippen LogP contribution in [0.3, 0.4) is 0 Å². The quantitative estimate of drug-likeness (QED) is 0.274. The van der Waals surface area contributed by atoms with Crippen LogP contribution in [-0.2, 0) is 10.7 Å². The Morgan fingerprint density at radius 3 is 2.62 bits per heavy atom. The minimum absolute atomic E-state index is 0.00519. The zero-order valence-electron chi connectivity index (χ0n) is 6.52. The maximum atomic E-state index is 10.5. The van der Waals surface area contributed by atoms with Crippen molar-refractivity contribution in [2.75, 3.05) is 5.73 Å². The van der Waals surface area contributed by atoms with E-state index in [0.29, 0.717) is 0 Å². The molecule has 5 N–H and O–H groups in total. The molecule has 7 heteroatoms. The molecule has 0 amide bonds. The van der Waals surface area contributed by atoms with Gasteiger partial charge in [0, 0.05) is 6.20 Å². The Morgan fingerprint density at radius 2 is 2.15 bits per heavy atom. The third-order valence-electron chi connectivity index (χ3n) is 1.41. The Morgan fingerprint density at radius 1 is 1.54 bits per heavy atom. The van der Waals surface area contributed by atoms with E-state index >= 15 is 0 Å². The van der Waals surface area contributed by atoms with Crippen molar-refractivity contribution in [3.8, 4) is 0 Å². The van der Waals surface area contributed by atoms with Gasteiger partial charge in [-0.3, -0.25) is 5.41 Å². The van der Waals surface area contributed by atoms with E-state index in [0.717, 1.165) is 6.20 Å². The first-order chi connectivity index (χ1) is 6.02. The highest BCUT2D eigenvalue weighted by Gasteiger charge is 2.06. The number of nitrogens with one attached hydrogen (secondary N) is 1. The van der Waals surface area contributed by atoms with Crippen LogP contribution in [0.15, 0.2) is 17.2 Å². The van der Waals surface area contributed by atoms with Crippen LogP contribution in [0.4, 0.5) is 5.82 Å². The van der Waals surface area contributed by atoms with Gasteiger partial charge >= 0.3 is 0 Å². The van der Waals surface area contributed by atoms with Gasteiger partial charge in [-0.05, 0) is 6.07 Å². The first kappa shape index (κ1) is 9.46. The maximum absolute atomic E-state index is 10.5. The second kappa shape index (κ2) is 3.40. The highest BCUT2D eigenvalue weighted by atomic mass is 32.2. The highest BCUT2D eigenvalue weighted by Crippen LogP contribution is 2.10. The number of amidine groups is 1. The molecule has 0 aliphatic rings. The Kier molecular flexibility index (Phi) is 2.47. The highest BCUT2D eigenvalue weighted by molar-refractivity contribution is 7.72. The van der Waals surface area contributed by atoms with Crippen molar-refractivity contribution in [1.29, 1.82) is 5.41 Å². The summed E-state index contributed by atoms with van der Waals surface area (Å²) in [6.07, 6.45) is 1.12. The minimum atomic E-state index is -2.72. The molecule has 1 aromatic rings. The van der Waals surface area contributed by atoms with E-state index in [4.69, 9.17) is 16.9 Å². The zero-order valence-corrected chi connectivity index (χ0v) is 7.41. The molecule has 6 nitrogen and oxygen atoms in total. The normalized spacial score (nSPS) is 10.2. The van der Waals surface area contributed by atoms with Crippen LogP contribution >= 0.6 is 0 Å². The lowest BCUT2D eigenvalue weighted by molar-refractivity contribution is 0.614. The van der Waals surface area contributed by atoms with Crippen LogP contribution in [0, 0.1) is 5.41 Å². The van der Waals surface area contributed by atoms with E-state index in [1.807, 2.05) is 0 Å². The average molecular weight is 200 g/mol. The second-order valence-electron chi connectivity index (χ2n) is 2.30. The van der Waals surface area contributed by atoms with Crippen LogP contribution < -0.4 is 11.5 Å². The number of nitrogen functional groups attached to an aromatic ring is 2. The predicted molar refractivity (Wildman–Crippen MR) is 48.2 cm³/mol. The SMILES string of the molecule is N=C(N)c1cc([SH](=O)=O)cnc1N. The predicted octanol–water partition coefficient (Wildman–Crippen LogP) is -1.08. The molecule has 0 aromatic carbocycles. The molecular weight excluding hydrogens is 192 g/mol. The Hall–Kier alpha value is -1.63. The molecule has 0 atom stereocenters. The lowest BCUT2D eigenvalue weighted by Crippen LogP contribution is -2.14. The zero-order chi connectivity index (χ0) is 10.0. The smallest absolute Gasteiger partial charge is 0.169 e. The minimum Gasteiger partial charge on any atom is -0.384 e. The molecule has 1 aromatic heterocycles. The largest absolute Gasteiger partial charge is 0.384 e. The van der Waals surface area contributed by atoms with Crippen LogP contribution in [0.25, 0.3) is 0 Å². The molecule has 1 heterocycles. The fraction of sp³-hybridized carbons (Fsp3) is 0. The topological polar surface area (TPSA) is 123 Å². The molecule has 13 heavy (non-hydrogen) atoms. The van der Waals surface area contributed by atoms with Crippen molar-refractivity contribution in [3.05, 3.63) is 17.8 Å². The Balaban J connectivity index is 3.35. The van der Waals surface area contributed by atoms with E-state index in [9.17, 15) is 8.42 Å². The molecule has 0 aliphatic carbocycles. The van der Waals surface area contributed by atoms with Gasteiger partial charge in [-0.15, -0.1) is 0 Å². The second-order valence-corrected chi connectivity index (χ2v) is 3.33. The van der Waals surface area contributed by atoms with E-state index in [-0.39, 0.29) is 22.1 Å². The van der Waals surface area contributed by atoms with Crippen LogP contribution in [0.2, 0.25) is 0 Å². The average Bonchev–Trinajstić information content (AvgIpc) is 2.04. The van der Waals surface area contributed by atoms with Crippen molar-refractivity contribution in [3.63, 3.8) is 0 Å². The van der Waals surface area contributed by atoms with E-state index in [1.165, 1.54) is 6.07 Å². The number of nitrogens with zero attached hydrogens (tertiary/aromatic N) is 1. The van der Waals surface area contributed by atoms with Gasteiger partial charge in [0.2, 0.25) is 0 Å². The molecule has 0 fully saturated rings. The number of anilines is 1. The maximum Gasteiger partial charge on any atom is 0.169 e. The summed E-state index contributed by atoms with van der Waals surface area (Å²) >= 11 is 0. The van der Waals surface area contributed by atoms with Crippen molar-refractivity contribution in [1.82, 2.24) is 4.98 Å². The molecule has 0 aliphatic heterocycles. The molecule has 0 radical (unpaired) electrons. The van der Waals surface area contributed by atoms with Gasteiger partial charge in [0.15, 0.2) is 10.7 Å². The summed E-state index contributed by atoms with van der Waals surface area (Å²) in [5, 5.41) is 7.07. The fourth-order valence-corrected chi connectivity index (χ4v) is 1.17. The number of rotatable bonds is 2. The summed E-state index contributed by atoms with van der Waals surface area (Å²) in [4.78, 5) is 3.59. The number of hydrogen-bond acceptors (Lipinski definition) is 5. The summed E-state index contributed by atoms with van der Waals surface area (Å²) in [6, 6.07) is 1.22. The number of nitrogens with two attached hydrogens (primary N) is 2. The molecular formula is C6H8N4O2S. The van der Waals surface area contributed by atoms with Gasteiger partial charge < -0.3 is 11.5 Å². The molecule has 0 unspecified atom stereocenters. The van der Waals surface area contributed by atoms with Gasteiger partial charge in [-0.1, -0.05) is 0 Å². The molecule has 1 rings (SSSR count). The molecule has 0 spiro atoms. The van der Waals surface area contributed by atoms with E-state index < -0.39 is 10.7 Å². The summed E-state index contributed by atoms with van der Waals surface area (Å²) in [5.74, 6) is -0.253. The lowest BCUT2D eigenvalue weighted by atomic mass is 10.2. The third kappa shape index (κ3) is 1.94. The third-order valence-corrected chi connectivity index (χ3v) is 2.07. The fourth-order valence-electron chi connectivity index (χ4n) is 0.780. The molecule has 70 valence electrons. The summed E-state index contributed by atoms with van der Waals surface area (Å²) in [5.41, 5.74) is 10.6. The van der Waals surface area contributed by atoms with Gasteiger partial charge in [0.05, 0.1) is 10.5 Å². The standard InChI is InChI=1S/C6H8N4O2S/c7-5(8)4-1-3(13(11)12)2-10-6(4)9/h1-2,13H,(H3,7,8)(H2,9,10). The molecule has 0 saturated carbocycles. The van der Waals surface area contributed by atoms with E-state index in [1.54, 1.807) is 0 Å². The van der Waals surface area contributed by atoms with Crippen molar-refractivity contribution in [2.24, 2.45) is 5.73 Å². The van der Waals surface area contributed by atoms with Crippen LogP contribution in [-0.4, -0.2) is 19.2 Å². The molecule has 0 saturated heterocycles. The Bertz CT molecular complexity index is 419. The summed E-state index contributed by atoms with van der Waals surface area (Å²) < 4.78 is 21.1. The molecule has 0 bridgehead atoms. The van der Waals surface area contributed by atoms with Crippen molar-refractivity contribution in [2.45, 2.75) is 4.90 Å². The first-order valence-electron chi connectivity index (χ1n) is 3.26. The monoisotopic (exact) mass is 200 g/mol. The Labute approximate surface area is 76.0 Å². The van der Waals surface area contributed by atoms with Crippen LogP contribution in [0.5, 0.6) is 0 Å².